The first-order valence-electron chi connectivity index (χ1n) is 10.9. The number of halogens is 5. The minimum atomic E-state index is -4.44. The number of nitrogens with one attached hydrogen (secondary N) is 4. The summed E-state index contributed by atoms with van der Waals surface area (Å²) in [5, 5.41) is 6.66. The lowest BCUT2D eigenvalue weighted by atomic mass is 9.93. The van der Waals surface area contributed by atoms with Crippen molar-refractivity contribution in [3.8, 4) is 0 Å². The Kier molecular flexibility index (Phi) is 8.24. The maximum absolute atomic E-state index is 14.0. The molecule has 2 heterocycles. The molecule has 1 amide bonds. The highest BCUT2D eigenvalue weighted by Crippen LogP contribution is 2.31. The van der Waals surface area contributed by atoms with Crippen LogP contribution in [-0.4, -0.2) is 71.0 Å². The zero-order valence-corrected chi connectivity index (χ0v) is 19.0. The molecule has 0 aromatic heterocycles. The lowest BCUT2D eigenvalue weighted by molar-refractivity contribution is -0.157. The number of rotatable bonds is 4. The fourth-order valence-corrected chi connectivity index (χ4v) is 4.59. The second kappa shape index (κ2) is 10.4. The molecular weight excluding hydrogens is 456 g/mol. The molecule has 184 valence electrons. The lowest BCUT2D eigenvalue weighted by Gasteiger charge is -2.31. The van der Waals surface area contributed by atoms with E-state index in [-0.39, 0.29) is 42.7 Å². The summed E-state index contributed by atoms with van der Waals surface area (Å²) in [6.07, 6.45) is -6.27. The molecule has 3 rings (SSSR count). The fraction of sp³-hybridized carbons (Fsp3) is 0.895. The molecule has 8 nitrogen and oxygen atoms in total. The van der Waals surface area contributed by atoms with Crippen molar-refractivity contribution in [1.82, 2.24) is 26.5 Å². The highest BCUT2D eigenvalue weighted by atomic mass is 35.5. The van der Waals surface area contributed by atoms with E-state index >= 15 is 0 Å². The Morgan fingerprint density at radius 3 is 2.50 bits per heavy atom. The minimum Gasteiger partial charge on any atom is -0.353 e. The zero-order valence-electron chi connectivity index (χ0n) is 18.3. The van der Waals surface area contributed by atoms with Gasteiger partial charge in [0.25, 0.3) is 5.91 Å². The van der Waals surface area contributed by atoms with Gasteiger partial charge < -0.3 is 5.32 Å². The van der Waals surface area contributed by atoms with E-state index in [1.165, 1.54) is 5.01 Å². The van der Waals surface area contributed by atoms with Crippen LogP contribution in [0.4, 0.5) is 17.6 Å². The number of aliphatic imine (C=N–C) groups is 1. The van der Waals surface area contributed by atoms with E-state index in [0.29, 0.717) is 12.8 Å². The molecule has 0 aromatic rings. The summed E-state index contributed by atoms with van der Waals surface area (Å²) in [5.41, 5.74) is 5.17. The van der Waals surface area contributed by atoms with Crippen LogP contribution in [0.2, 0.25) is 0 Å². The topological polar surface area (TPSA) is 90.0 Å². The summed E-state index contributed by atoms with van der Waals surface area (Å²) in [4.78, 5) is 22.3. The van der Waals surface area contributed by atoms with Crippen LogP contribution >= 0.6 is 11.6 Å². The van der Waals surface area contributed by atoms with E-state index < -0.39 is 42.6 Å². The first-order valence-corrected chi connectivity index (χ1v) is 11.3. The summed E-state index contributed by atoms with van der Waals surface area (Å²) in [7, 11) is 0. The number of carbonyl (C=O) groups is 1. The van der Waals surface area contributed by atoms with Gasteiger partial charge in [-0.05, 0) is 40.0 Å². The molecule has 32 heavy (non-hydrogen) atoms. The number of guanidine groups is 1. The molecule has 1 saturated carbocycles. The predicted octanol–water partition coefficient (Wildman–Crippen LogP) is 2.10. The molecular formula is C19H31ClF4N6O2. The summed E-state index contributed by atoms with van der Waals surface area (Å²) < 4.78 is 54.0. The third-order valence-corrected chi connectivity index (χ3v) is 6.10. The maximum atomic E-state index is 14.0. The van der Waals surface area contributed by atoms with E-state index in [2.05, 4.69) is 26.5 Å². The van der Waals surface area contributed by atoms with Crippen LogP contribution < -0.4 is 21.5 Å². The van der Waals surface area contributed by atoms with Crippen LogP contribution in [0.3, 0.4) is 0 Å². The third kappa shape index (κ3) is 6.66. The number of carbonyl (C=O) groups excluding carboxylic acids is 1. The molecule has 7 atom stereocenters. The molecule has 2 saturated heterocycles. The largest absolute Gasteiger partial charge is 0.405 e. The number of alkyl halides is 5. The van der Waals surface area contributed by atoms with Crippen molar-refractivity contribution in [3.05, 3.63) is 0 Å². The van der Waals surface area contributed by atoms with Gasteiger partial charge in [0, 0.05) is 36.3 Å². The minimum absolute atomic E-state index is 0.0126. The Morgan fingerprint density at radius 2 is 1.94 bits per heavy atom. The third-order valence-electron chi connectivity index (χ3n) is 5.75. The number of hydrogen-bond donors (Lipinski definition) is 4. The van der Waals surface area contributed by atoms with Gasteiger partial charge >= 0.3 is 6.18 Å². The van der Waals surface area contributed by atoms with Crippen LogP contribution in [-0.2, 0) is 9.63 Å². The standard InChI is InChI=1S/C19H31ClF4N6O2/c1-9(2)30-16(8-15(28-30)19(22,23)24)26-18(25-13-6-11(20)5-12(21)7-13)27-17(31)14-4-10(3)29-32-14/h9-16,28-29H,4-8H2,1-3H3,(H2,25,26,27,31). The number of amides is 1. The van der Waals surface area contributed by atoms with Gasteiger partial charge in [-0.3, -0.25) is 14.9 Å². The number of hydrazine groups is 1. The molecule has 2 aliphatic heterocycles. The fourth-order valence-electron chi connectivity index (χ4n) is 4.18. The maximum Gasteiger partial charge on any atom is 0.405 e. The smallest absolute Gasteiger partial charge is 0.353 e. The highest BCUT2D eigenvalue weighted by molar-refractivity contribution is 6.20. The molecule has 4 N–H and O–H groups in total. The average molecular weight is 487 g/mol. The van der Waals surface area contributed by atoms with Crippen molar-refractivity contribution in [3.63, 3.8) is 0 Å². The van der Waals surface area contributed by atoms with Crippen molar-refractivity contribution in [2.45, 2.75) is 107 Å². The van der Waals surface area contributed by atoms with E-state index in [1.807, 2.05) is 6.92 Å². The van der Waals surface area contributed by atoms with Gasteiger partial charge in [-0.15, -0.1) is 11.6 Å². The second-order valence-corrected chi connectivity index (χ2v) is 9.63. The molecule has 0 aromatic carbocycles. The molecule has 1 aliphatic carbocycles. The number of nitrogens with zero attached hydrogens (tertiary/aromatic N) is 2. The summed E-state index contributed by atoms with van der Waals surface area (Å²) in [6.45, 7) is 5.34. The zero-order chi connectivity index (χ0) is 23.6. The Hall–Kier alpha value is -1.21. The van der Waals surface area contributed by atoms with E-state index in [0.717, 1.165) is 0 Å². The van der Waals surface area contributed by atoms with Crippen LogP contribution in [0.25, 0.3) is 0 Å². The SMILES string of the molecule is CC1CC(C(=O)N/C(=N/C2CC(C(F)(F)F)NN2C(C)C)NC2CC(F)CC(Cl)C2)ON1. The molecule has 0 spiro atoms. The van der Waals surface area contributed by atoms with Gasteiger partial charge in [0.15, 0.2) is 12.1 Å². The second-order valence-electron chi connectivity index (χ2n) is 9.01. The predicted molar refractivity (Wildman–Crippen MR) is 111 cm³/mol. The Labute approximate surface area is 189 Å². The summed E-state index contributed by atoms with van der Waals surface area (Å²) >= 11 is 6.14. The van der Waals surface area contributed by atoms with E-state index in [1.54, 1.807) is 13.8 Å². The average Bonchev–Trinajstić information content (AvgIpc) is 3.27. The first kappa shape index (κ1) is 25.4. The van der Waals surface area contributed by atoms with Crippen LogP contribution in [0.15, 0.2) is 4.99 Å². The van der Waals surface area contributed by atoms with Crippen LogP contribution in [0.1, 0.15) is 52.9 Å². The molecule has 3 aliphatic rings. The van der Waals surface area contributed by atoms with Crippen molar-refractivity contribution in [1.29, 1.82) is 0 Å². The molecule has 7 unspecified atom stereocenters. The van der Waals surface area contributed by atoms with Gasteiger partial charge in [0.2, 0.25) is 0 Å². The Balaban J connectivity index is 1.79. The van der Waals surface area contributed by atoms with Gasteiger partial charge in [-0.25, -0.2) is 19.8 Å². The van der Waals surface area contributed by atoms with Crippen molar-refractivity contribution in [2.75, 3.05) is 0 Å². The Morgan fingerprint density at radius 1 is 1.22 bits per heavy atom. The summed E-state index contributed by atoms with van der Waals surface area (Å²) in [6, 6.07) is -2.48. The lowest BCUT2D eigenvalue weighted by Crippen LogP contribution is -2.52. The van der Waals surface area contributed by atoms with Crippen molar-refractivity contribution < 1.29 is 27.2 Å². The van der Waals surface area contributed by atoms with E-state index in [9.17, 15) is 22.4 Å². The normalized spacial score (nSPS) is 37.2. The number of hydrogen-bond acceptors (Lipinski definition) is 6. The van der Waals surface area contributed by atoms with Gasteiger partial charge in [-0.2, -0.15) is 18.7 Å². The van der Waals surface area contributed by atoms with Crippen molar-refractivity contribution >= 4 is 23.5 Å². The molecule has 0 bridgehead atoms. The molecule has 0 radical (unpaired) electrons. The van der Waals surface area contributed by atoms with E-state index in [4.69, 9.17) is 16.4 Å². The van der Waals surface area contributed by atoms with Crippen LogP contribution in [0, 0.1) is 0 Å². The van der Waals surface area contributed by atoms with Gasteiger partial charge in [0.1, 0.15) is 18.4 Å². The van der Waals surface area contributed by atoms with Crippen molar-refractivity contribution in [2.24, 2.45) is 4.99 Å². The summed E-state index contributed by atoms with van der Waals surface area (Å²) in [5.74, 6) is -0.501. The van der Waals surface area contributed by atoms with Gasteiger partial charge in [0.05, 0.1) is 0 Å². The molecule has 3 fully saturated rings. The first-order chi connectivity index (χ1) is 14.9. The van der Waals surface area contributed by atoms with Crippen LogP contribution in [0.5, 0.6) is 0 Å². The molecule has 13 heteroatoms. The Bertz CT molecular complexity index is 687. The monoisotopic (exact) mass is 486 g/mol. The number of hydroxylamine groups is 1. The quantitative estimate of drug-likeness (QED) is 0.211. The van der Waals surface area contributed by atoms with Gasteiger partial charge in [-0.1, -0.05) is 0 Å². The highest BCUT2D eigenvalue weighted by Gasteiger charge is 2.48.